The number of halogens is 2. The molecule has 1 aromatic heterocycles. The van der Waals surface area contributed by atoms with Crippen LogP contribution >= 0.6 is 11.6 Å². The lowest BCUT2D eigenvalue weighted by molar-refractivity contribution is 0.249. The van der Waals surface area contributed by atoms with Crippen LogP contribution in [0.15, 0.2) is 53.3 Å². The molecule has 2 aromatic carbocycles. The van der Waals surface area contributed by atoms with E-state index in [2.05, 4.69) is 15.1 Å². The first-order valence-electron chi connectivity index (χ1n) is 9.59. The van der Waals surface area contributed by atoms with Gasteiger partial charge in [0.05, 0.1) is 5.02 Å². The van der Waals surface area contributed by atoms with Crippen molar-refractivity contribution >= 4 is 17.3 Å². The minimum absolute atomic E-state index is 0.211. The van der Waals surface area contributed by atoms with Gasteiger partial charge in [-0.05, 0) is 30.2 Å². The zero-order valence-electron chi connectivity index (χ0n) is 16.2. The molecule has 29 heavy (non-hydrogen) atoms. The quantitative estimate of drug-likeness (QED) is 0.707. The van der Waals surface area contributed by atoms with Crippen molar-refractivity contribution in [3.63, 3.8) is 0 Å². The molecule has 1 fully saturated rings. The van der Waals surface area contributed by atoms with Crippen molar-refractivity contribution < 1.29 is 4.39 Å². The van der Waals surface area contributed by atoms with Gasteiger partial charge in [-0.25, -0.2) is 9.49 Å². The Kier molecular flexibility index (Phi) is 5.65. The SMILES string of the molecule is Cc1cc(F)ccc1CN1CCN(c2c(Cl)c(-c3ccccc3)n[nH]c2=O)CC1. The summed E-state index contributed by atoms with van der Waals surface area (Å²) in [5.41, 5.74) is 3.70. The van der Waals surface area contributed by atoms with E-state index in [4.69, 9.17) is 11.6 Å². The topological polar surface area (TPSA) is 52.2 Å². The number of piperazine rings is 1. The van der Waals surface area contributed by atoms with E-state index >= 15 is 0 Å². The zero-order valence-corrected chi connectivity index (χ0v) is 16.9. The van der Waals surface area contributed by atoms with Gasteiger partial charge >= 0.3 is 0 Å². The Balaban J connectivity index is 1.51. The van der Waals surface area contributed by atoms with Crippen molar-refractivity contribution in [2.24, 2.45) is 0 Å². The molecule has 3 aromatic rings. The number of rotatable bonds is 4. The summed E-state index contributed by atoms with van der Waals surface area (Å²) in [5, 5.41) is 7.12. The van der Waals surface area contributed by atoms with E-state index in [-0.39, 0.29) is 11.4 Å². The highest BCUT2D eigenvalue weighted by molar-refractivity contribution is 6.35. The van der Waals surface area contributed by atoms with Crippen molar-refractivity contribution in [2.75, 3.05) is 31.1 Å². The lowest BCUT2D eigenvalue weighted by atomic mass is 10.1. The van der Waals surface area contributed by atoms with Crippen molar-refractivity contribution in [3.8, 4) is 11.3 Å². The average Bonchev–Trinajstić information content (AvgIpc) is 2.72. The standard InChI is InChI=1S/C22H22ClFN4O/c1-15-13-18(24)8-7-17(15)14-27-9-11-28(12-10-27)21-19(23)20(25-26-22(21)29)16-5-3-2-4-6-16/h2-8,13H,9-12,14H2,1H3,(H,26,29). The van der Waals surface area contributed by atoms with Crippen LogP contribution in [0.1, 0.15) is 11.1 Å². The van der Waals surface area contributed by atoms with Gasteiger partial charge in [-0.1, -0.05) is 48.0 Å². The normalized spacial score (nSPS) is 14.9. The van der Waals surface area contributed by atoms with E-state index in [1.54, 1.807) is 6.07 Å². The maximum absolute atomic E-state index is 13.3. The predicted octanol–water partition coefficient (Wildman–Crippen LogP) is 3.86. The predicted molar refractivity (Wildman–Crippen MR) is 114 cm³/mol. The molecule has 0 radical (unpaired) electrons. The first kappa shape index (κ1) is 19.6. The van der Waals surface area contributed by atoms with Crippen molar-refractivity contribution in [2.45, 2.75) is 13.5 Å². The smallest absolute Gasteiger partial charge is 0.289 e. The van der Waals surface area contributed by atoms with Crippen LogP contribution in [0.25, 0.3) is 11.3 Å². The maximum atomic E-state index is 13.3. The fourth-order valence-corrected chi connectivity index (χ4v) is 4.05. The van der Waals surface area contributed by atoms with Crippen molar-refractivity contribution in [1.29, 1.82) is 0 Å². The van der Waals surface area contributed by atoms with E-state index in [9.17, 15) is 9.18 Å². The van der Waals surface area contributed by atoms with Crippen LogP contribution in [0.3, 0.4) is 0 Å². The van der Waals surface area contributed by atoms with E-state index in [1.165, 1.54) is 6.07 Å². The van der Waals surface area contributed by atoms with Gasteiger partial charge < -0.3 is 4.90 Å². The highest BCUT2D eigenvalue weighted by Gasteiger charge is 2.24. The number of aromatic nitrogens is 2. The van der Waals surface area contributed by atoms with Gasteiger partial charge in [-0.2, -0.15) is 5.10 Å². The summed E-state index contributed by atoms with van der Waals surface area (Å²) < 4.78 is 13.3. The number of aromatic amines is 1. The van der Waals surface area contributed by atoms with E-state index in [1.807, 2.05) is 48.2 Å². The molecule has 0 atom stereocenters. The second kappa shape index (κ2) is 8.35. The molecule has 0 aliphatic carbocycles. The van der Waals surface area contributed by atoms with Crippen LogP contribution in [-0.2, 0) is 6.54 Å². The summed E-state index contributed by atoms with van der Waals surface area (Å²) in [6, 6.07) is 14.5. The van der Waals surface area contributed by atoms with Crippen LogP contribution < -0.4 is 10.5 Å². The molecule has 2 heterocycles. The number of H-pyrrole nitrogens is 1. The van der Waals surface area contributed by atoms with Gasteiger partial charge in [0.2, 0.25) is 0 Å². The third kappa shape index (κ3) is 4.18. The summed E-state index contributed by atoms with van der Waals surface area (Å²) in [7, 11) is 0. The fourth-order valence-electron chi connectivity index (χ4n) is 3.70. The molecule has 1 aliphatic rings. The second-order valence-corrected chi connectivity index (χ2v) is 7.64. The molecule has 150 valence electrons. The van der Waals surface area contributed by atoms with Gasteiger partial charge in [0, 0.05) is 38.3 Å². The number of anilines is 1. The van der Waals surface area contributed by atoms with Crippen LogP contribution in [0.4, 0.5) is 10.1 Å². The third-order valence-corrected chi connectivity index (χ3v) is 5.69. The van der Waals surface area contributed by atoms with Crippen LogP contribution in [0.2, 0.25) is 5.02 Å². The molecular formula is C22H22ClFN4O. The largest absolute Gasteiger partial charge is 0.363 e. The number of aryl methyl sites for hydroxylation is 1. The Morgan fingerprint density at radius 1 is 1.10 bits per heavy atom. The Bertz CT molecular complexity index is 1060. The molecule has 1 aliphatic heterocycles. The average molecular weight is 413 g/mol. The van der Waals surface area contributed by atoms with E-state index in [0.717, 1.165) is 36.3 Å². The lowest BCUT2D eigenvalue weighted by Gasteiger charge is -2.36. The number of nitrogens with one attached hydrogen (secondary N) is 1. The first-order chi connectivity index (χ1) is 14.0. The molecule has 5 nitrogen and oxygen atoms in total. The summed E-state index contributed by atoms with van der Waals surface area (Å²) in [6.45, 7) is 5.62. The molecule has 7 heteroatoms. The third-order valence-electron chi connectivity index (χ3n) is 5.33. The molecule has 4 rings (SSSR count). The molecule has 0 bridgehead atoms. The van der Waals surface area contributed by atoms with Crippen LogP contribution in [-0.4, -0.2) is 41.3 Å². The summed E-state index contributed by atoms with van der Waals surface area (Å²) in [6.07, 6.45) is 0. The van der Waals surface area contributed by atoms with Gasteiger partial charge in [0.15, 0.2) is 0 Å². The minimum atomic E-state index is -0.280. The van der Waals surface area contributed by atoms with E-state index in [0.29, 0.717) is 29.5 Å². The lowest BCUT2D eigenvalue weighted by Crippen LogP contribution is -2.47. The van der Waals surface area contributed by atoms with E-state index < -0.39 is 0 Å². The Hall–Kier alpha value is -2.70. The number of benzene rings is 2. The van der Waals surface area contributed by atoms with Gasteiger partial charge in [-0.3, -0.25) is 9.69 Å². The Morgan fingerprint density at radius 3 is 2.52 bits per heavy atom. The van der Waals surface area contributed by atoms with Crippen molar-refractivity contribution in [3.05, 3.63) is 80.9 Å². The number of nitrogens with zero attached hydrogens (tertiary/aromatic N) is 3. The second-order valence-electron chi connectivity index (χ2n) is 7.26. The van der Waals surface area contributed by atoms with Gasteiger partial charge in [0.1, 0.15) is 17.2 Å². The summed E-state index contributed by atoms with van der Waals surface area (Å²) >= 11 is 6.61. The Labute approximate surface area is 173 Å². The minimum Gasteiger partial charge on any atom is -0.363 e. The van der Waals surface area contributed by atoms with Gasteiger partial charge in [-0.15, -0.1) is 0 Å². The molecular weight excluding hydrogens is 391 g/mol. The molecule has 0 spiro atoms. The fraction of sp³-hybridized carbons (Fsp3) is 0.273. The molecule has 1 saturated heterocycles. The summed E-state index contributed by atoms with van der Waals surface area (Å²) in [5.74, 6) is -0.211. The highest BCUT2D eigenvalue weighted by atomic mass is 35.5. The van der Waals surface area contributed by atoms with Crippen LogP contribution in [0, 0.1) is 12.7 Å². The first-order valence-corrected chi connectivity index (χ1v) is 9.96. The summed E-state index contributed by atoms with van der Waals surface area (Å²) in [4.78, 5) is 16.8. The highest BCUT2D eigenvalue weighted by Crippen LogP contribution is 2.31. The Morgan fingerprint density at radius 2 is 1.83 bits per heavy atom. The van der Waals surface area contributed by atoms with Gasteiger partial charge in [0.25, 0.3) is 5.56 Å². The molecule has 1 N–H and O–H groups in total. The monoisotopic (exact) mass is 412 g/mol. The molecule has 0 amide bonds. The number of hydrogen-bond acceptors (Lipinski definition) is 4. The maximum Gasteiger partial charge on any atom is 0.289 e. The van der Waals surface area contributed by atoms with Crippen molar-refractivity contribution in [1.82, 2.24) is 15.1 Å². The zero-order chi connectivity index (χ0) is 20.4. The molecule has 0 saturated carbocycles. The molecule has 0 unspecified atom stereocenters. The number of hydrogen-bond donors (Lipinski definition) is 1. The van der Waals surface area contributed by atoms with Crippen LogP contribution in [0.5, 0.6) is 0 Å².